The number of nitrogens with one attached hydrogen (secondary N) is 2. The molecular formula is C21H25N3O3S. The van der Waals surface area contributed by atoms with E-state index < -0.39 is 11.1 Å². The summed E-state index contributed by atoms with van der Waals surface area (Å²) >= 11 is 1.64. The smallest absolute Gasteiger partial charge is 0.276 e. The highest BCUT2D eigenvalue weighted by Crippen LogP contribution is 2.47. The number of rotatable bonds is 4. The van der Waals surface area contributed by atoms with Gasteiger partial charge in [-0.1, -0.05) is 39.3 Å². The molecule has 4 rings (SSSR count). The zero-order valence-electron chi connectivity index (χ0n) is 16.4. The Morgan fingerprint density at radius 2 is 2.04 bits per heavy atom. The lowest BCUT2D eigenvalue weighted by molar-refractivity contribution is -0.385. The number of fused-ring (bicyclic) bond motifs is 3. The number of para-hydroxylation sites is 1. The number of nitrogens with zero attached hydrogens (tertiary/aromatic N) is 1. The van der Waals surface area contributed by atoms with Crippen molar-refractivity contribution in [3.8, 4) is 0 Å². The number of nitro benzene ring substituents is 1. The highest BCUT2D eigenvalue weighted by molar-refractivity contribution is 7.16. The van der Waals surface area contributed by atoms with Gasteiger partial charge in [-0.2, -0.15) is 0 Å². The predicted molar refractivity (Wildman–Crippen MR) is 111 cm³/mol. The molecule has 1 amide bonds. The van der Waals surface area contributed by atoms with Gasteiger partial charge in [0, 0.05) is 10.9 Å². The number of benzene rings is 1. The Kier molecular flexibility index (Phi) is 4.65. The molecule has 2 aliphatic rings. The van der Waals surface area contributed by atoms with Gasteiger partial charge in [0.05, 0.1) is 16.1 Å². The standard InChI is InChI=1S/C21H25N3O3S/c1-4-21(2,3)12-9-10-14-16(11-12)28-20-17(14)19(25)22-18(23-20)13-7-5-6-8-15(13)24(26)27/h5-8,12,18,23H,4,9-11H2,1-3H3,(H,22,25)/t12-,18+/m1/s1. The van der Waals surface area contributed by atoms with E-state index in [1.54, 1.807) is 29.5 Å². The highest BCUT2D eigenvalue weighted by atomic mass is 32.1. The molecule has 2 aromatic rings. The largest absolute Gasteiger partial charge is 0.352 e. The summed E-state index contributed by atoms with van der Waals surface area (Å²) in [5.74, 6) is 0.474. The first kappa shape index (κ1) is 18.9. The fourth-order valence-electron chi connectivity index (χ4n) is 4.31. The Hall–Kier alpha value is -2.41. The van der Waals surface area contributed by atoms with E-state index in [1.807, 2.05) is 0 Å². The van der Waals surface area contributed by atoms with E-state index in [0.717, 1.165) is 41.8 Å². The Labute approximate surface area is 168 Å². The first-order valence-electron chi connectivity index (χ1n) is 9.77. The van der Waals surface area contributed by atoms with Crippen LogP contribution in [-0.2, 0) is 12.8 Å². The van der Waals surface area contributed by atoms with Gasteiger partial charge in [-0.05, 0) is 42.2 Å². The molecular weight excluding hydrogens is 374 g/mol. The second-order valence-electron chi connectivity index (χ2n) is 8.36. The van der Waals surface area contributed by atoms with E-state index in [9.17, 15) is 14.9 Å². The maximum atomic E-state index is 12.9. The molecule has 6 nitrogen and oxygen atoms in total. The summed E-state index contributed by atoms with van der Waals surface area (Å²) in [6.45, 7) is 6.89. The minimum atomic E-state index is -0.593. The quantitative estimate of drug-likeness (QED) is 0.556. The second-order valence-corrected chi connectivity index (χ2v) is 9.46. The fraction of sp³-hybridized carbons (Fsp3) is 0.476. The van der Waals surface area contributed by atoms with Crippen molar-refractivity contribution in [1.82, 2.24) is 5.32 Å². The van der Waals surface area contributed by atoms with Crippen LogP contribution in [-0.4, -0.2) is 10.8 Å². The summed E-state index contributed by atoms with van der Waals surface area (Å²) in [7, 11) is 0. The molecule has 0 saturated heterocycles. The Morgan fingerprint density at radius 1 is 1.29 bits per heavy atom. The van der Waals surface area contributed by atoms with E-state index in [1.165, 1.54) is 10.9 Å². The minimum Gasteiger partial charge on any atom is -0.352 e. The van der Waals surface area contributed by atoms with E-state index in [0.29, 0.717) is 11.5 Å². The van der Waals surface area contributed by atoms with Gasteiger partial charge < -0.3 is 10.6 Å². The second kappa shape index (κ2) is 6.88. The molecule has 0 spiro atoms. The average Bonchev–Trinajstić information content (AvgIpc) is 3.06. The van der Waals surface area contributed by atoms with Crippen LogP contribution < -0.4 is 10.6 Å². The molecule has 0 bridgehead atoms. The molecule has 2 atom stereocenters. The van der Waals surface area contributed by atoms with Crippen molar-refractivity contribution in [2.24, 2.45) is 11.3 Å². The normalized spacial score (nSPS) is 21.3. The van der Waals surface area contributed by atoms with Crippen LogP contribution in [0.4, 0.5) is 10.7 Å². The fourth-order valence-corrected chi connectivity index (χ4v) is 5.66. The average molecular weight is 400 g/mol. The molecule has 0 radical (unpaired) electrons. The van der Waals surface area contributed by atoms with Crippen LogP contribution in [0.5, 0.6) is 0 Å². The molecule has 1 aromatic heterocycles. The Balaban J connectivity index is 1.66. The number of anilines is 1. The van der Waals surface area contributed by atoms with E-state index in [2.05, 4.69) is 31.4 Å². The zero-order chi connectivity index (χ0) is 20.1. The number of nitro groups is 1. The third-order valence-corrected chi connectivity index (χ3v) is 7.69. The van der Waals surface area contributed by atoms with Gasteiger partial charge in [0.1, 0.15) is 11.2 Å². The van der Waals surface area contributed by atoms with E-state index in [-0.39, 0.29) is 17.0 Å². The number of hydrogen-bond donors (Lipinski definition) is 2. The molecule has 28 heavy (non-hydrogen) atoms. The molecule has 1 aliphatic heterocycles. The van der Waals surface area contributed by atoms with Gasteiger partial charge >= 0.3 is 0 Å². The molecule has 0 saturated carbocycles. The van der Waals surface area contributed by atoms with Gasteiger partial charge in [0.2, 0.25) is 0 Å². The summed E-state index contributed by atoms with van der Waals surface area (Å²) in [6.07, 6.45) is 3.55. The van der Waals surface area contributed by atoms with E-state index >= 15 is 0 Å². The Morgan fingerprint density at radius 3 is 2.75 bits per heavy atom. The third kappa shape index (κ3) is 3.07. The first-order chi connectivity index (χ1) is 13.3. The molecule has 148 valence electrons. The summed E-state index contributed by atoms with van der Waals surface area (Å²) in [5.41, 5.74) is 2.67. The minimum absolute atomic E-state index is 0.00910. The van der Waals surface area contributed by atoms with Gasteiger partial charge in [0.25, 0.3) is 11.6 Å². The first-order valence-corrected chi connectivity index (χ1v) is 10.6. The number of carbonyl (C=O) groups excluding carboxylic acids is 1. The summed E-state index contributed by atoms with van der Waals surface area (Å²) < 4.78 is 0. The summed E-state index contributed by atoms with van der Waals surface area (Å²) in [4.78, 5) is 25.2. The topological polar surface area (TPSA) is 84.3 Å². The van der Waals surface area contributed by atoms with Gasteiger partial charge in [0.15, 0.2) is 0 Å². The number of hydrogen-bond acceptors (Lipinski definition) is 5. The summed E-state index contributed by atoms with van der Waals surface area (Å²) in [6, 6.07) is 6.55. The predicted octanol–water partition coefficient (Wildman–Crippen LogP) is 5.05. The lowest BCUT2D eigenvalue weighted by Gasteiger charge is -2.36. The SMILES string of the molecule is CCC(C)(C)[C@@H]1CCc2c(sc3c2C(=O)N[C@H](c2ccccc2[N+](=O)[O-])N3)C1. The Bertz CT molecular complexity index is 950. The molecule has 0 unspecified atom stereocenters. The van der Waals surface area contributed by atoms with Crippen molar-refractivity contribution in [3.63, 3.8) is 0 Å². The monoisotopic (exact) mass is 399 g/mol. The molecule has 2 heterocycles. The van der Waals surface area contributed by atoms with Crippen LogP contribution >= 0.6 is 11.3 Å². The van der Waals surface area contributed by atoms with Crippen molar-refractivity contribution < 1.29 is 9.72 Å². The van der Waals surface area contributed by atoms with Crippen LogP contribution in [0.3, 0.4) is 0 Å². The van der Waals surface area contributed by atoms with Crippen LogP contribution in [0.2, 0.25) is 0 Å². The molecule has 1 aromatic carbocycles. The van der Waals surface area contributed by atoms with Crippen LogP contribution in [0, 0.1) is 21.4 Å². The van der Waals surface area contributed by atoms with Crippen molar-refractivity contribution in [2.45, 2.75) is 52.6 Å². The number of thiophene rings is 1. The molecule has 2 N–H and O–H groups in total. The van der Waals surface area contributed by atoms with Gasteiger partial charge in [-0.3, -0.25) is 14.9 Å². The lowest BCUT2D eigenvalue weighted by Crippen LogP contribution is -2.38. The highest BCUT2D eigenvalue weighted by Gasteiger charge is 2.38. The van der Waals surface area contributed by atoms with E-state index in [4.69, 9.17) is 0 Å². The maximum absolute atomic E-state index is 12.9. The molecule has 0 fully saturated rings. The molecule has 7 heteroatoms. The van der Waals surface area contributed by atoms with Crippen molar-refractivity contribution in [1.29, 1.82) is 0 Å². The van der Waals surface area contributed by atoms with Gasteiger partial charge in [-0.25, -0.2) is 0 Å². The number of carbonyl (C=O) groups is 1. The maximum Gasteiger partial charge on any atom is 0.276 e. The lowest BCUT2D eigenvalue weighted by atomic mass is 9.69. The van der Waals surface area contributed by atoms with Crippen LogP contribution in [0.25, 0.3) is 0 Å². The summed E-state index contributed by atoms with van der Waals surface area (Å²) in [5, 5.41) is 18.5. The van der Waals surface area contributed by atoms with Crippen LogP contribution in [0.1, 0.15) is 66.1 Å². The van der Waals surface area contributed by atoms with Crippen molar-refractivity contribution >= 4 is 27.9 Å². The number of amides is 1. The third-order valence-electron chi connectivity index (χ3n) is 6.50. The van der Waals surface area contributed by atoms with Crippen LogP contribution in [0.15, 0.2) is 24.3 Å². The van der Waals surface area contributed by atoms with Gasteiger partial charge in [-0.15, -0.1) is 11.3 Å². The van der Waals surface area contributed by atoms with Crippen molar-refractivity contribution in [3.05, 3.63) is 55.9 Å². The molecule has 1 aliphatic carbocycles. The zero-order valence-corrected chi connectivity index (χ0v) is 17.2. The van der Waals surface area contributed by atoms with Crippen molar-refractivity contribution in [2.75, 3.05) is 5.32 Å².